The maximum atomic E-state index is 11.9. The zero-order valence-corrected chi connectivity index (χ0v) is 14.5. The molecule has 0 bridgehead atoms. The number of thiophene rings is 1. The third-order valence-corrected chi connectivity index (χ3v) is 5.05. The maximum absolute atomic E-state index is 11.9. The normalized spacial score (nSPS) is 10.4. The average Bonchev–Trinajstić information content (AvgIpc) is 3.24. The molecule has 2 N–H and O–H groups in total. The molecule has 122 valence electrons. The van der Waals surface area contributed by atoms with E-state index in [-0.39, 0.29) is 18.4 Å². The summed E-state index contributed by atoms with van der Waals surface area (Å²) in [6.45, 7) is -0.157. The highest BCUT2D eigenvalue weighted by Crippen LogP contribution is 2.29. The molecule has 0 aliphatic heterocycles. The summed E-state index contributed by atoms with van der Waals surface area (Å²) in [4.78, 5) is 24.8. The highest BCUT2D eigenvalue weighted by molar-refractivity contribution is 7.23. The van der Waals surface area contributed by atoms with Gasteiger partial charge in [0.15, 0.2) is 5.01 Å². The molecule has 2 amide bonds. The third kappa shape index (κ3) is 4.16. The molecule has 0 fully saturated rings. The van der Waals surface area contributed by atoms with Gasteiger partial charge in [-0.3, -0.25) is 14.9 Å². The largest absolute Gasteiger partial charge is 0.343 e. The van der Waals surface area contributed by atoms with Crippen molar-refractivity contribution in [2.45, 2.75) is 0 Å². The molecule has 9 heteroatoms. The Hall–Kier alpha value is -2.29. The van der Waals surface area contributed by atoms with Gasteiger partial charge in [0.05, 0.1) is 11.4 Å². The lowest BCUT2D eigenvalue weighted by Crippen LogP contribution is -2.32. The van der Waals surface area contributed by atoms with Crippen LogP contribution in [0, 0.1) is 0 Å². The number of carbonyl (C=O) groups is 2. The SMILES string of the molecule is O=C(CNC(=O)c1ccc(Cl)cc1)Nc1nnc(-c2cccs2)s1. The van der Waals surface area contributed by atoms with E-state index >= 15 is 0 Å². The highest BCUT2D eigenvalue weighted by atomic mass is 35.5. The number of rotatable bonds is 5. The van der Waals surface area contributed by atoms with Gasteiger partial charge >= 0.3 is 0 Å². The monoisotopic (exact) mass is 378 g/mol. The molecule has 1 aromatic carbocycles. The molecule has 0 saturated carbocycles. The number of benzene rings is 1. The van der Waals surface area contributed by atoms with E-state index in [0.717, 1.165) is 9.88 Å². The quantitative estimate of drug-likeness (QED) is 0.713. The Morgan fingerprint density at radius 3 is 2.62 bits per heavy atom. The first kappa shape index (κ1) is 16.6. The Bertz CT molecular complexity index is 847. The third-order valence-electron chi connectivity index (χ3n) is 2.92. The predicted octanol–water partition coefficient (Wildman–Crippen LogP) is 3.29. The first-order chi connectivity index (χ1) is 11.6. The van der Waals surface area contributed by atoms with Crippen molar-refractivity contribution in [3.8, 4) is 9.88 Å². The van der Waals surface area contributed by atoms with Crippen LogP contribution in [0.5, 0.6) is 0 Å². The van der Waals surface area contributed by atoms with Crippen molar-refractivity contribution >= 4 is 51.2 Å². The van der Waals surface area contributed by atoms with Crippen molar-refractivity contribution in [3.63, 3.8) is 0 Å². The van der Waals surface area contributed by atoms with Crippen LogP contribution in [-0.4, -0.2) is 28.6 Å². The number of aromatic nitrogens is 2. The number of hydrogen-bond donors (Lipinski definition) is 2. The van der Waals surface area contributed by atoms with Gasteiger partial charge < -0.3 is 5.32 Å². The molecule has 24 heavy (non-hydrogen) atoms. The minimum Gasteiger partial charge on any atom is -0.343 e. The van der Waals surface area contributed by atoms with Gasteiger partial charge in [-0.1, -0.05) is 29.0 Å². The fourth-order valence-electron chi connectivity index (χ4n) is 1.80. The number of nitrogens with zero attached hydrogens (tertiary/aromatic N) is 2. The van der Waals surface area contributed by atoms with Gasteiger partial charge in [-0.25, -0.2) is 0 Å². The molecule has 6 nitrogen and oxygen atoms in total. The van der Waals surface area contributed by atoms with E-state index in [2.05, 4.69) is 20.8 Å². The molecule has 0 saturated heterocycles. The van der Waals surface area contributed by atoms with Crippen LogP contribution < -0.4 is 10.6 Å². The Morgan fingerprint density at radius 2 is 1.92 bits per heavy atom. The van der Waals surface area contributed by atoms with Gasteiger partial charge in [0.25, 0.3) is 5.91 Å². The Labute approximate surface area is 150 Å². The number of anilines is 1. The maximum Gasteiger partial charge on any atom is 0.251 e. The summed E-state index contributed by atoms with van der Waals surface area (Å²) < 4.78 is 0. The van der Waals surface area contributed by atoms with E-state index in [1.807, 2.05) is 17.5 Å². The molecule has 0 atom stereocenters. The van der Waals surface area contributed by atoms with Gasteiger partial charge in [-0.15, -0.1) is 21.5 Å². The molecule has 3 rings (SSSR count). The molecule has 0 aliphatic carbocycles. The lowest BCUT2D eigenvalue weighted by atomic mass is 10.2. The van der Waals surface area contributed by atoms with Crippen LogP contribution >= 0.6 is 34.3 Å². The van der Waals surface area contributed by atoms with E-state index in [4.69, 9.17) is 11.6 Å². The van der Waals surface area contributed by atoms with Crippen LogP contribution in [0.4, 0.5) is 5.13 Å². The van der Waals surface area contributed by atoms with E-state index < -0.39 is 0 Å². The molecular formula is C15H11ClN4O2S2. The van der Waals surface area contributed by atoms with Crippen LogP contribution in [0.1, 0.15) is 10.4 Å². The minimum absolute atomic E-state index is 0.157. The molecule has 0 radical (unpaired) electrons. The fourth-order valence-corrected chi connectivity index (χ4v) is 3.48. The van der Waals surface area contributed by atoms with Crippen molar-refractivity contribution < 1.29 is 9.59 Å². The minimum atomic E-state index is -0.369. The molecule has 2 heterocycles. The summed E-state index contributed by atoms with van der Waals surface area (Å²) in [7, 11) is 0. The molecule has 2 aromatic heterocycles. The smallest absolute Gasteiger partial charge is 0.251 e. The Balaban J connectivity index is 1.52. The lowest BCUT2D eigenvalue weighted by molar-refractivity contribution is -0.115. The fraction of sp³-hybridized carbons (Fsp3) is 0.0667. The molecule has 0 aliphatic rings. The zero-order chi connectivity index (χ0) is 16.9. The molecular weight excluding hydrogens is 368 g/mol. The number of carbonyl (C=O) groups excluding carboxylic acids is 2. The van der Waals surface area contributed by atoms with Crippen LogP contribution in [0.2, 0.25) is 5.02 Å². The summed E-state index contributed by atoms with van der Waals surface area (Å²) in [5.74, 6) is -0.718. The van der Waals surface area contributed by atoms with Crippen molar-refractivity contribution in [2.24, 2.45) is 0 Å². The number of nitrogens with one attached hydrogen (secondary N) is 2. The second-order valence-corrected chi connectivity index (χ2v) is 6.99. The molecule has 0 spiro atoms. The molecule has 3 aromatic rings. The van der Waals surface area contributed by atoms with E-state index in [1.165, 1.54) is 11.3 Å². The summed E-state index contributed by atoms with van der Waals surface area (Å²) in [5.41, 5.74) is 0.433. The first-order valence-corrected chi connectivity index (χ1v) is 8.90. The summed E-state index contributed by atoms with van der Waals surface area (Å²) in [6.07, 6.45) is 0. The van der Waals surface area contributed by atoms with E-state index in [0.29, 0.717) is 15.7 Å². The van der Waals surface area contributed by atoms with Crippen molar-refractivity contribution in [3.05, 3.63) is 52.4 Å². The van der Waals surface area contributed by atoms with Crippen LogP contribution in [0.25, 0.3) is 9.88 Å². The second kappa shape index (κ2) is 7.52. The standard InChI is InChI=1S/C15H11ClN4O2S2/c16-10-5-3-9(4-6-10)13(22)17-8-12(21)18-15-20-19-14(24-15)11-2-1-7-23-11/h1-7H,8H2,(H,17,22)(H,18,20,21). The summed E-state index contributed by atoms with van der Waals surface area (Å²) in [5, 5.41) is 16.7. The summed E-state index contributed by atoms with van der Waals surface area (Å²) in [6, 6.07) is 10.3. The lowest BCUT2D eigenvalue weighted by Gasteiger charge is -2.04. The number of amides is 2. The van der Waals surface area contributed by atoms with Crippen LogP contribution in [0.3, 0.4) is 0 Å². The van der Waals surface area contributed by atoms with Gasteiger partial charge in [0.2, 0.25) is 11.0 Å². The van der Waals surface area contributed by atoms with Crippen molar-refractivity contribution in [1.29, 1.82) is 0 Å². The van der Waals surface area contributed by atoms with Crippen molar-refractivity contribution in [2.75, 3.05) is 11.9 Å². The number of hydrogen-bond acceptors (Lipinski definition) is 6. The van der Waals surface area contributed by atoms with Crippen molar-refractivity contribution in [1.82, 2.24) is 15.5 Å². The topological polar surface area (TPSA) is 84.0 Å². The second-order valence-electron chi connectivity index (χ2n) is 4.63. The van der Waals surface area contributed by atoms with Gasteiger partial charge in [0, 0.05) is 10.6 Å². The number of halogens is 1. The summed E-state index contributed by atoms with van der Waals surface area (Å²) >= 11 is 8.60. The predicted molar refractivity (Wildman–Crippen MR) is 95.6 cm³/mol. The Morgan fingerprint density at radius 1 is 1.12 bits per heavy atom. The average molecular weight is 379 g/mol. The van der Waals surface area contributed by atoms with E-state index in [1.54, 1.807) is 35.6 Å². The van der Waals surface area contributed by atoms with Gasteiger partial charge in [0.1, 0.15) is 0 Å². The highest BCUT2D eigenvalue weighted by Gasteiger charge is 2.12. The Kier molecular flexibility index (Phi) is 5.19. The zero-order valence-electron chi connectivity index (χ0n) is 12.2. The van der Waals surface area contributed by atoms with Crippen LogP contribution in [-0.2, 0) is 4.79 Å². The van der Waals surface area contributed by atoms with Crippen LogP contribution in [0.15, 0.2) is 41.8 Å². The molecule has 0 unspecified atom stereocenters. The van der Waals surface area contributed by atoms with E-state index in [9.17, 15) is 9.59 Å². The first-order valence-electron chi connectivity index (χ1n) is 6.83. The van der Waals surface area contributed by atoms with Gasteiger partial charge in [-0.2, -0.15) is 0 Å². The van der Waals surface area contributed by atoms with Gasteiger partial charge in [-0.05, 0) is 35.7 Å².